The first-order valence-corrected chi connectivity index (χ1v) is 8.27. The van der Waals surface area contributed by atoms with E-state index in [2.05, 4.69) is 10.5 Å². The highest BCUT2D eigenvalue weighted by atomic mass is 16.5. The Labute approximate surface area is 140 Å². The fraction of sp³-hybridized carbons (Fsp3) is 0.389. The lowest BCUT2D eigenvalue weighted by Gasteiger charge is -2.34. The van der Waals surface area contributed by atoms with Crippen LogP contribution >= 0.6 is 0 Å². The second kappa shape index (κ2) is 7.29. The van der Waals surface area contributed by atoms with Crippen LogP contribution in [-0.2, 0) is 17.6 Å². The number of carbonyl (C=O) groups is 2. The minimum Gasteiger partial charge on any atom is -0.361 e. The lowest BCUT2D eigenvalue weighted by atomic mass is 10.0. The molecule has 0 spiro atoms. The maximum atomic E-state index is 12.8. The number of hydrogen-bond donors (Lipinski definition) is 1. The maximum Gasteiger partial charge on any atom is 0.276 e. The van der Waals surface area contributed by atoms with Crippen LogP contribution in [0.1, 0.15) is 35.2 Å². The number of benzene rings is 1. The van der Waals surface area contributed by atoms with Crippen LogP contribution in [0.5, 0.6) is 0 Å². The third-order valence-corrected chi connectivity index (χ3v) is 4.14. The monoisotopic (exact) mass is 327 g/mol. The molecule has 1 N–H and O–H groups in total. The Bertz CT molecular complexity index is 711. The fourth-order valence-corrected chi connectivity index (χ4v) is 2.92. The molecule has 1 unspecified atom stereocenters. The highest BCUT2D eigenvalue weighted by molar-refractivity contribution is 5.97. The quantitative estimate of drug-likeness (QED) is 0.909. The minimum absolute atomic E-state index is 0.129. The Balaban J connectivity index is 1.79. The minimum atomic E-state index is -0.528. The van der Waals surface area contributed by atoms with Gasteiger partial charge in [-0.15, -0.1) is 0 Å². The molecule has 1 aromatic heterocycles. The van der Waals surface area contributed by atoms with Crippen molar-refractivity contribution in [1.82, 2.24) is 15.4 Å². The molecule has 126 valence electrons. The molecule has 3 rings (SSSR count). The van der Waals surface area contributed by atoms with E-state index in [9.17, 15) is 9.59 Å². The summed E-state index contributed by atoms with van der Waals surface area (Å²) in [7, 11) is 0. The zero-order valence-corrected chi connectivity index (χ0v) is 13.7. The van der Waals surface area contributed by atoms with Crippen LogP contribution < -0.4 is 5.32 Å². The predicted octanol–water partition coefficient (Wildman–Crippen LogP) is 1.81. The summed E-state index contributed by atoms with van der Waals surface area (Å²) in [5.74, 6) is 0.314. The molecule has 2 aromatic rings. The van der Waals surface area contributed by atoms with Gasteiger partial charge >= 0.3 is 0 Å². The van der Waals surface area contributed by atoms with Crippen molar-refractivity contribution in [3.05, 3.63) is 53.4 Å². The first-order valence-electron chi connectivity index (χ1n) is 8.27. The zero-order chi connectivity index (χ0) is 16.9. The van der Waals surface area contributed by atoms with Gasteiger partial charge in [-0.3, -0.25) is 9.59 Å². The summed E-state index contributed by atoms with van der Waals surface area (Å²) in [6.45, 7) is 2.96. The van der Waals surface area contributed by atoms with E-state index in [1.54, 1.807) is 11.0 Å². The number of nitrogens with one attached hydrogen (secondary N) is 1. The lowest BCUT2D eigenvalue weighted by molar-refractivity contribution is -0.127. The van der Waals surface area contributed by atoms with Crippen molar-refractivity contribution in [3.63, 3.8) is 0 Å². The lowest BCUT2D eigenvalue weighted by Crippen LogP contribution is -2.58. The highest BCUT2D eigenvalue weighted by Gasteiger charge is 2.34. The predicted molar refractivity (Wildman–Crippen MR) is 88.5 cm³/mol. The van der Waals surface area contributed by atoms with Crippen molar-refractivity contribution in [1.29, 1.82) is 0 Å². The Morgan fingerprint density at radius 3 is 2.92 bits per heavy atom. The first-order chi connectivity index (χ1) is 11.7. The summed E-state index contributed by atoms with van der Waals surface area (Å²) < 4.78 is 5.20. The van der Waals surface area contributed by atoms with E-state index in [4.69, 9.17) is 4.52 Å². The van der Waals surface area contributed by atoms with Gasteiger partial charge in [0.05, 0.1) is 0 Å². The topological polar surface area (TPSA) is 75.4 Å². The first kappa shape index (κ1) is 16.2. The Kier molecular flexibility index (Phi) is 4.93. The van der Waals surface area contributed by atoms with Crippen LogP contribution in [0.4, 0.5) is 0 Å². The Morgan fingerprint density at radius 2 is 2.17 bits per heavy atom. The van der Waals surface area contributed by atoms with Gasteiger partial charge in [0.1, 0.15) is 11.8 Å². The SMILES string of the molecule is CCCc1cc(C(=O)N2CCNC(=O)C2Cc2ccccc2)no1. The summed E-state index contributed by atoms with van der Waals surface area (Å²) in [6, 6.07) is 10.9. The van der Waals surface area contributed by atoms with Gasteiger partial charge in [-0.25, -0.2) is 0 Å². The molecule has 1 atom stereocenters. The van der Waals surface area contributed by atoms with Gasteiger partial charge in [0, 0.05) is 32.0 Å². The number of hydrogen-bond acceptors (Lipinski definition) is 4. The van der Waals surface area contributed by atoms with Crippen molar-refractivity contribution in [2.45, 2.75) is 32.2 Å². The molecule has 2 heterocycles. The molecule has 1 aliphatic rings. The average Bonchev–Trinajstić information content (AvgIpc) is 3.06. The van der Waals surface area contributed by atoms with E-state index >= 15 is 0 Å². The summed E-state index contributed by atoms with van der Waals surface area (Å²) in [5.41, 5.74) is 1.29. The molecule has 2 amide bonds. The summed E-state index contributed by atoms with van der Waals surface area (Å²) in [4.78, 5) is 26.7. The van der Waals surface area contributed by atoms with Crippen molar-refractivity contribution in [2.24, 2.45) is 0 Å². The van der Waals surface area contributed by atoms with Crippen molar-refractivity contribution in [2.75, 3.05) is 13.1 Å². The van der Waals surface area contributed by atoms with E-state index in [1.807, 2.05) is 37.3 Å². The molecule has 1 fully saturated rings. The van der Waals surface area contributed by atoms with Crippen LogP contribution in [0.15, 0.2) is 40.9 Å². The van der Waals surface area contributed by atoms with Gasteiger partial charge in [0.15, 0.2) is 5.69 Å². The van der Waals surface area contributed by atoms with E-state index < -0.39 is 6.04 Å². The second-order valence-corrected chi connectivity index (χ2v) is 5.92. The van der Waals surface area contributed by atoms with E-state index in [1.165, 1.54) is 0 Å². The molecule has 1 aliphatic heterocycles. The van der Waals surface area contributed by atoms with Crippen LogP contribution in [0.2, 0.25) is 0 Å². The number of aryl methyl sites for hydroxylation is 1. The number of piperazine rings is 1. The highest BCUT2D eigenvalue weighted by Crippen LogP contribution is 2.16. The normalized spacial score (nSPS) is 17.6. The zero-order valence-electron chi connectivity index (χ0n) is 13.7. The molecular formula is C18H21N3O3. The third-order valence-electron chi connectivity index (χ3n) is 4.14. The van der Waals surface area contributed by atoms with E-state index in [0.717, 1.165) is 18.4 Å². The third kappa shape index (κ3) is 3.48. The molecule has 6 heteroatoms. The Morgan fingerprint density at radius 1 is 1.38 bits per heavy atom. The standard InChI is InChI=1S/C18H21N3O3/c1-2-6-14-12-15(20-24-14)18(23)21-10-9-19-17(22)16(21)11-13-7-4-3-5-8-13/h3-5,7-8,12,16H,2,6,9-11H2,1H3,(H,19,22). The summed E-state index contributed by atoms with van der Waals surface area (Å²) >= 11 is 0. The second-order valence-electron chi connectivity index (χ2n) is 5.92. The van der Waals surface area contributed by atoms with Crippen LogP contribution in [-0.4, -0.2) is 41.0 Å². The van der Waals surface area contributed by atoms with Gasteiger partial charge in [-0.1, -0.05) is 42.4 Å². The number of nitrogens with zero attached hydrogens (tertiary/aromatic N) is 2. The molecule has 0 saturated carbocycles. The van der Waals surface area contributed by atoms with Gasteiger partial charge in [0.25, 0.3) is 5.91 Å². The molecule has 6 nitrogen and oxygen atoms in total. The molecule has 0 aliphatic carbocycles. The Hall–Kier alpha value is -2.63. The average molecular weight is 327 g/mol. The van der Waals surface area contributed by atoms with Gasteiger partial charge in [-0.05, 0) is 12.0 Å². The largest absolute Gasteiger partial charge is 0.361 e. The van der Waals surface area contributed by atoms with E-state index in [0.29, 0.717) is 25.3 Å². The van der Waals surface area contributed by atoms with Crippen LogP contribution in [0, 0.1) is 0 Å². The molecule has 0 bridgehead atoms. The maximum absolute atomic E-state index is 12.8. The van der Waals surface area contributed by atoms with Crippen LogP contribution in [0.3, 0.4) is 0 Å². The number of rotatable bonds is 5. The van der Waals surface area contributed by atoms with Crippen molar-refractivity contribution < 1.29 is 14.1 Å². The summed E-state index contributed by atoms with van der Waals surface area (Å²) in [5, 5.41) is 6.72. The number of carbonyl (C=O) groups excluding carboxylic acids is 2. The van der Waals surface area contributed by atoms with Crippen molar-refractivity contribution in [3.8, 4) is 0 Å². The molecular weight excluding hydrogens is 306 g/mol. The fourth-order valence-electron chi connectivity index (χ4n) is 2.92. The van der Waals surface area contributed by atoms with E-state index in [-0.39, 0.29) is 17.5 Å². The molecule has 1 aromatic carbocycles. The van der Waals surface area contributed by atoms with Gasteiger partial charge in [0.2, 0.25) is 5.91 Å². The van der Waals surface area contributed by atoms with Crippen LogP contribution in [0.25, 0.3) is 0 Å². The molecule has 24 heavy (non-hydrogen) atoms. The molecule has 0 radical (unpaired) electrons. The molecule has 1 saturated heterocycles. The smallest absolute Gasteiger partial charge is 0.276 e. The van der Waals surface area contributed by atoms with Gasteiger partial charge in [-0.2, -0.15) is 0 Å². The van der Waals surface area contributed by atoms with Gasteiger partial charge < -0.3 is 14.7 Å². The summed E-state index contributed by atoms with van der Waals surface area (Å²) in [6.07, 6.45) is 2.15. The number of amides is 2. The number of aromatic nitrogens is 1. The van der Waals surface area contributed by atoms with Crippen molar-refractivity contribution >= 4 is 11.8 Å².